The number of hydrogen-bond donors (Lipinski definition) is 2. The molecule has 1 atom stereocenters. The number of nitrogens with one attached hydrogen (secondary N) is 1. The molecular formula is C12H19ClN2. The Hall–Kier alpha value is -0.570. The summed E-state index contributed by atoms with van der Waals surface area (Å²) in [6.45, 7) is 3.74. The first-order valence-corrected chi connectivity index (χ1v) is 5.85. The van der Waals surface area contributed by atoms with Crippen LogP contribution in [0, 0.1) is 0 Å². The zero-order chi connectivity index (χ0) is 11.1. The predicted octanol–water partition coefficient (Wildman–Crippen LogP) is 2.73. The van der Waals surface area contributed by atoms with Gasteiger partial charge in [-0.3, -0.25) is 0 Å². The second-order valence-electron chi connectivity index (χ2n) is 3.62. The maximum absolute atomic E-state index is 6.11. The van der Waals surface area contributed by atoms with Crippen LogP contribution in [0.3, 0.4) is 0 Å². The SMILES string of the molecule is CCCCN[C@@H](CN)c1ccccc1Cl. The number of hydrogen-bond acceptors (Lipinski definition) is 2. The van der Waals surface area contributed by atoms with Crippen molar-refractivity contribution in [2.75, 3.05) is 13.1 Å². The van der Waals surface area contributed by atoms with Crippen molar-refractivity contribution in [3.8, 4) is 0 Å². The van der Waals surface area contributed by atoms with Crippen LogP contribution >= 0.6 is 11.6 Å². The quantitative estimate of drug-likeness (QED) is 0.732. The summed E-state index contributed by atoms with van der Waals surface area (Å²) in [7, 11) is 0. The van der Waals surface area contributed by atoms with E-state index in [2.05, 4.69) is 12.2 Å². The van der Waals surface area contributed by atoms with Crippen LogP contribution in [0.2, 0.25) is 5.02 Å². The molecule has 0 saturated heterocycles. The zero-order valence-corrected chi connectivity index (χ0v) is 9.93. The number of benzene rings is 1. The maximum Gasteiger partial charge on any atom is 0.0459 e. The molecule has 1 aromatic carbocycles. The normalized spacial score (nSPS) is 12.7. The summed E-state index contributed by atoms with van der Waals surface area (Å²) < 4.78 is 0. The first-order valence-electron chi connectivity index (χ1n) is 5.47. The second-order valence-corrected chi connectivity index (χ2v) is 4.02. The standard InChI is InChI=1S/C12H19ClN2/c1-2-3-8-15-12(9-14)10-6-4-5-7-11(10)13/h4-7,12,15H,2-3,8-9,14H2,1H3/t12-/m0/s1. The Morgan fingerprint density at radius 2 is 2.13 bits per heavy atom. The smallest absolute Gasteiger partial charge is 0.0459 e. The van der Waals surface area contributed by atoms with Gasteiger partial charge in [0, 0.05) is 17.6 Å². The van der Waals surface area contributed by atoms with Crippen LogP contribution in [0.1, 0.15) is 31.4 Å². The molecular weight excluding hydrogens is 208 g/mol. The average molecular weight is 227 g/mol. The van der Waals surface area contributed by atoms with Gasteiger partial charge in [-0.15, -0.1) is 0 Å². The van der Waals surface area contributed by atoms with Crippen LogP contribution in [0.5, 0.6) is 0 Å². The number of unbranched alkanes of at least 4 members (excludes halogenated alkanes) is 1. The summed E-state index contributed by atoms with van der Waals surface area (Å²) in [5, 5.41) is 4.21. The van der Waals surface area contributed by atoms with Crippen LogP contribution in [-0.2, 0) is 0 Å². The van der Waals surface area contributed by atoms with Gasteiger partial charge >= 0.3 is 0 Å². The van der Waals surface area contributed by atoms with Crippen LogP contribution in [0.25, 0.3) is 0 Å². The lowest BCUT2D eigenvalue weighted by Crippen LogP contribution is -2.29. The molecule has 0 spiro atoms. The fourth-order valence-corrected chi connectivity index (χ4v) is 1.80. The highest BCUT2D eigenvalue weighted by atomic mass is 35.5. The van der Waals surface area contributed by atoms with Crippen LogP contribution in [-0.4, -0.2) is 13.1 Å². The van der Waals surface area contributed by atoms with Crippen molar-refractivity contribution in [1.82, 2.24) is 5.32 Å². The Kier molecular flexibility index (Phi) is 5.69. The minimum atomic E-state index is 0.172. The molecule has 0 bridgehead atoms. The van der Waals surface area contributed by atoms with Gasteiger partial charge in [0.25, 0.3) is 0 Å². The second kappa shape index (κ2) is 6.83. The van der Waals surface area contributed by atoms with Crippen LogP contribution in [0.4, 0.5) is 0 Å². The highest BCUT2D eigenvalue weighted by molar-refractivity contribution is 6.31. The molecule has 84 valence electrons. The van der Waals surface area contributed by atoms with E-state index in [1.54, 1.807) is 0 Å². The van der Waals surface area contributed by atoms with Crippen molar-refractivity contribution in [3.05, 3.63) is 34.9 Å². The third-order valence-corrected chi connectivity index (χ3v) is 2.78. The molecule has 0 saturated carbocycles. The van der Waals surface area contributed by atoms with Gasteiger partial charge in [0.05, 0.1) is 0 Å². The van der Waals surface area contributed by atoms with E-state index in [-0.39, 0.29) is 6.04 Å². The monoisotopic (exact) mass is 226 g/mol. The van der Waals surface area contributed by atoms with Gasteiger partial charge in [-0.2, -0.15) is 0 Å². The Bertz CT molecular complexity index is 289. The maximum atomic E-state index is 6.11. The van der Waals surface area contributed by atoms with Crippen molar-refractivity contribution in [2.24, 2.45) is 5.73 Å². The van der Waals surface area contributed by atoms with Crippen LogP contribution in [0.15, 0.2) is 24.3 Å². The molecule has 15 heavy (non-hydrogen) atoms. The Morgan fingerprint density at radius 3 is 2.73 bits per heavy atom. The Morgan fingerprint density at radius 1 is 1.40 bits per heavy atom. The van der Waals surface area contributed by atoms with E-state index < -0.39 is 0 Å². The van der Waals surface area contributed by atoms with Crippen molar-refractivity contribution < 1.29 is 0 Å². The molecule has 3 N–H and O–H groups in total. The van der Waals surface area contributed by atoms with E-state index in [1.807, 2.05) is 24.3 Å². The van der Waals surface area contributed by atoms with Gasteiger partial charge in [0.2, 0.25) is 0 Å². The van der Waals surface area contributed by atoms with E-state index in [0.717, 1.165) is 17.1 Å². The van der Waals surface area contributed by atoms with Gasteiger partial charge in [0.15, 0.2) is 0 Å². The molecule has 0 fully saturated rings. The fourth-order valence-electron chi connectivity index (χ4n) is 1.53. The van der Waals surface area contributed by atoms with E-state index in [4.69, 9.17) is 17.3 Å². The third kappa shape index (κ3) is 3.82. The summed E-state index contributed by atoms with van der Waals surface area (Å²) >= 11 is 6.11. The number of rotatable bonds is 6. The Balaban J connectivity index is 2.61. The van der Waals surface area contributed by atoms with Gasteiger partial charge in [-0.05, 0) is 24.6 Å². The molecule has 3 heteroatoms. The van der Waals surface area contributed by atoms with E-state index in [0.29, 0.717) is 6.54 Å². The van der Waals surface area contributed by atoms with Crippen molar-refractivity contribution in [1.29, 1.82) is 0 Å². The van der Waals surface area contributed by atoms with Crippen LogP contribution < -0.4 is 11.1 Å². The molecule has 0 amide bonds. The highest BCUT2D eigenvalue weighted by Crippen LogP contribution is 2.21. The van der Waals surface area contributed by atoms with E-state index in [9.17, 15) is 0 Å². The lowest BCUT2D eigenvalue weighted by molar-refractivity contribution is 0.528. The average Bonchev–Trinajstić information content (AvgIpc) is 2.26. The Labute approximate surface area is 96.8 Å². The molecule has 0 aliphatic rings. The largest absolute Gasteiger partial charge is 0.329 e. The molecule has 0 radical (unpaired) electrons. The van der Waals surface area contributed by atoms with E-state index >= 15 is 0 Å². The lowest BCUT2D eigenvalue weighted by Gasteiger charge is -2.18. The van der Waals surface area contributed by atoms with Gasteiger partial charge in [-0.25, -0.2) is 0 Å². The third-order valence-electron chi connectivity index (χ3n) is 2.44. The summed E-state index contributed by atoms with van der Waals surface area (Å²) in [4.78, 5) is 0. The molecule has 0 aliphatic heterocycles. The summed E-state index contributed by atoms with van der Waals surface area (Å²) in [5.41, 5.74) is 6.83. The summed E-state index contributed by atoms with van der Waals surface area (Å²) in [6.07, 6.45) is 2.35. The lowest BCUT2D eigenvalue weighted by atomic mass is 10.1. The number of halogens is 1. The van der Waals surface area contributed by atoms with Gasteiger partial charge < -0.3 is 11.1 Å². The topological polar surface area (TPSA) is 38.0 Å². The van der Waals surface area contributed by atoms with Crippen molar-refractivity contribution in [2.45, 2.75) is 25.8 Å². The fraction of sp³-hybridized carbons (Fsp3) is 0.500. The van der Waals surface area contributed by atoms with Gasteiger partial charge in [0.1, 0.15) is 0 Å². The number of nitrogens with two attached hydrogens (primary N) is 1. The minimum Gasteiger partial charge on any atom is -0.329 e. The zero-order valence-electron chi connectivity index (χ0n) is 9.17. The summed E-state index contributed by atoms with van der Waals surface area (Å²) in [5.74, 6) is 0. The molecule has 0 aliphatic carbocycles. The molecule has 0 aromatic heterocycles. The van der Waals surface area contributed by atoms with Crippen molar-refractivity contribution >= 4 is 11.6 Å². The molecule has 1 aromatic rings. The van der Waals surface area contributed by atoms with Gasteiger partial charge in [-0.1, -0.05) is 43.1 Å². The first kappa shape index (κ1) is 12.5. The molecule has 0 heterocycles. The van der Waals surface area contributed by atoms with Crippen molar-refractivity contribution in [3.63, 3.8) is 0 Å². The predicted molar refractivity (Wildman–Crippen MR) is 66.2 cm³/mol. The summed E-state index contributed by atoms with van der Waals surface area (Å²) in [6, 6.07) is 8.03. The molecule has 1 rings (SSSR count). The molecule has 0 unspecified atom stereocenters. The van der Waals surface area contributed by atoms with E-state index in [1.165, 1.54) is 12.8 Å². The molecule has 2 nitrogen and oxygen atoms in total. The first-order chi connectivity index (χ1) is 7.29. The minimum absolute atomic E-state index is 0.172. The highest BCUT2D eigenvalue weighted by Gasteiger charge is 2.10.